The molecule has 5 heteroatoms. The summed E-state index contributed by atoms with van der Waals surface area (Å²) in [5.74, 6) is 0.557. The van der Waals surface area contributed by atoms with Gasteiger partial charge >= 0.3 is 0 Å². The van der Waals surface area contributed by atoms with Crippen molar-refractivity contribution < 1.29 is 8.42 Å². The van der Waals surface area contributed by atoms with Crippen molar-refractivity contribution in [2.24, 2.45) is 0 Å². The maximum Gasteiger partial charge on any atom is 0.151 e. The van der Waals surface area contributed by atoms with Gasteiger partial charge in [0.2, 0.25) is 0 Å². The molecular weight excluding hydrogens is 200 g/mol. The topological polar surface area (TPSA) is 49.4 Å². The molecule has 4 nitrogen and oxygen atoms in total. The van der Waals surface area contributed by atoms with Crippen molar-refractivity contribution in [1.29, 1.82) is 0 Å². The quantitative estimate of drug-likeness (QED) is 0.707. The van der Waals surface area contributed by atoms with Crippen LogP contribution in [0.5, 0.6) is 0 Å². The first-order valence-corrected chi connectivity index (χ1v) is 7.02. The average molecular weight is 220 g/mol. The second-order valence-corrected chi connectivity index (χ2v) is 6.30. The van der Waals surface area contributed by atoms with Crippen molar-refractivity contribution in [3.63, 3.8) is 0 Å². The molecule has 0 radical (unpaired) electrons. The molecule has 0 unspecified atom stereocenters. The van der Waals surface area contributed by atoms with Crippen molar-refractivity contribution in [2.75, 3.05) is 37.7 Å². The van der Waals surface area contributed by atoms with Crippen LogP contribution < -0.4 is 5.32 Å². The van der Waals surface area contributed by atoms with E-state index in [4.69, 9.17) is 0 Å². The zero-order chi connectivity index (χ0) is 10.6. The SMILES string of the molecule is CCS(=O)(=O)CCN1CCNC[C@@H]1C. The Morgan fingerprint density at radius 2 is 2.21 bits per heavy atom. The zero-order valence-electron chi connectivity index (χ0n) is 8.99. The molecule has 0 aliphatic carbocycles. The van der Waals surface area contributed by atoms with Gasteiger partial charge in [0.15, 0.2) is 9.84 Å². The van der Waals surface area contributed by atoms with Crippen LogP contribution in [0.2, 0.25) is 0 Å². The molecule has 1 atom stereocenters. The van der Waals surface area contributed by atoms with Crippen molar-refractivity contribution in [2.45, 2.75) is 19.9 Å². The second-order valence-electron chi connectivity index (χ2n) is 3.83. The highest BCUT2D eigenvalue weighted by Gasteiger charge is 2.19. The summed E-state index contributed by atoms with van der Waals surface area (Å²) >= 11 is 0. The lowest BCUT2D eigenvalue weighted by molar-refractivity contribution is 0.184. The molecule has 1 aliphatic rings. The average Bonchev–Trinajstić information content (AvgIpc) is 2.17. The smallest absolute Gasteiger partial charge is 0.151 e. The van der Waals surface area contributed by atoms with Crippen molar-refractivity contribution in [3.05, 3.63) is 0 Å². The molecule has 1 fully saturated rings. The summed E-state index contributed by atoms with van der Waals surface area (Å²) < 4.78 is 22.6. The van der Waals surface area contributed by atoms with Gasteiger partial charge in [-0.3, -0.25) is 4.90 Å². The summed E-state index contributed by atoms with van der Waals surface area (Å²) in [6, 6.07) is 0.454. The highest BCUT2D eigenvalue weighted by Crippen LogP contribution is 2.02. The Kier molecular flexibility index (Phi) is 4.34. The number of hydrogen-bond acceptors (Lipinski definition) is 4. The summed E-state index contributed by atoms with van der Waals surface area (Å²) in [5, 5.41) is 3.28. The highest BCUT2D eigenvalue weighted by molar-refractivity contribution is 7.91. The number of sulfone groups is 1. The molecule has 1 heterocycles. The van der Waals surface area contributed by atoms with E-state index in [0.717, 1.165) is 19.6 Å². The van der Waals surface area contributed by atoms with Crippen LogP contribution in [-0.2, 0) is 9.84 Å². The molecule has 0 bridgehead atoms. The molecule has 1 saturated heterocycles. The van der Waals surface area contributed by atoms with E-state index in [1.54, 1.807) is 6.92 Å². The Balaban J connectivity index is 2.36. The van der Waals surface area contributed by atoms with Crippen molar-refractivity contribution >= 4 is 9.84 Å². The minimum Gasteiger partial charge on any atom is -0.314 e. The summed E-state index contributed by atoms with van der Waals surface area (Å²) in [6.07, 6.45) is 0. The third kappa shape index (κ3) is 3.55. The maximum atomic E-state index is 11.3. The molecular formula is C9H20N2O2S. The molecule has 0 aromatic carbocycles. The summed E-state index contributed by atoms with van der Waals surface area (Å²) in [7, 11) is -2.80. The molecule has 0 aromatic heterocycles. The van der Waals surface area contributed by atoms with Gasteiger partial charge in [0, 0.05) is 38.0 Å². The van der Waals surface area contributed by atoms with Crippen LogP contribution in [0.25, 0.3) is 0 Å². The van der Waals surface area contributed by atoms with Crippen LogP contribution in [0.1, 0.15) is 13.8 Å². The monoisotopic (exact) mass is 220 g/mol. The number of rotatable bonds is 4. The molecule has 1 rings (SSSR count). The Bertz CT molecular complexity index is 264. The summed E-state index contributed by atoms with van der Waals surface area (Å²) in [4.78, 5) is 2.24. The molecule has 0 amide bonds. The predicted octanol–water partition coefficient (Wildman–Crippen LogP) is -0.285. The lowest BCUT2D eigenvalue weighted by atomic mass is 10.2. The minimum absolute atomic E-state index is 0.257. The number of piperazine rings is 1. The first-order valence-electron chi connectivity index (χ1n) is 5.20. The van der Waals surface area contributed by atoms with Gasteiger partial charge < -0.3 is 5.32 Å². The molecule has 0 aromatic rings. The van der Waals surface area contributed by atoms with Crippen LogP contribution in [0, 0.1) is 0 Å². The highest BCUT2D eigenvalue weighted by atomic mass is 32.2. The first kappa shape index (κ1) is 11.9. The zero-order valence-corrected chi connectivity index (χ0v) is 9.81. The van der Waals surface area contributed by atoms with Crippen LogP contribution in [0.3, 0.4) is 0 Å². The third-order valence-electron chi connectivity index (χ3n) is 2.77. The van der Waals surface area contributed by atoms with Gasteiger partial charge in [-0.1, -0.05) is 6.92 Å². The van der Waals surface area contributed by atoms with Crippen LogP contribution in [-0.4, -0.2) is 57.0 Å². The lowest BCUT2D eigenvalue weighted by Gasteiger charge is -2.33. The second kappa shape index (κ2) is 5.09. The normalized spacial score (nSPS) is 25.1. The van der Waals surface area contributed by atoms with Crippen LogP contribution in [0.15, 0.2) is 0 Å². The molecule has 0 spiro atoms. The van der Waals surface area contributed by atoms with Gasteiger partial charge in [-0.25, -0.2) is 8.42 Å². The molecule has 1 aliphatic heterocycles. The van der Waals surface area contributed by atoms with Gasteiger partial charge in [0.05, 0.1) is 5.75 Å². The van der Waals surface area contributed by atoms with Gasteiger partial charge in [-0.2, -0.15) is 0 Å². The predicted molar refractivity (Wildman–Crippen MR) is 58.2 cm³/mol. The fourth-order valence-electron chi connectivity index (χ4n) is 1.62. The summed E-state index contributed by atoms with van der Waals surface area (Å²) in [6.45, 7) is 7.41. The fraction of sp³-hybridized carbons (Fsp3) is 1.00. The van der Waals surface area contributed by atoms with Gasteiger partial charge in [0.1, 0.15) is 0 Å². The van der Waals surface area contributed by atoms with Gasteiger partial charge in [-0.05, 0) is 6.92 Å². The van der Waals surface area contributed by atoms with Gasteiger partial charge in [-0.15, -0.1) is 0 Å². The molecule has 84 valence electrons. The van der Waals surface area contributed by atoms with E-state index >= 15 is 0 Å². The summed E-state index contributed by atoms with van der Waals surface area (Å²) in [5.41, 5.74) is 0. The van der Waals surface area contributed by atoms with E-state index < -0.39 is 9.84 Å². The van der Waals surface area contributed by atoms with E-state index in [1.807, 2.05) is 0 Å². The van der Waals surface area contributed by atoms with Crippen LogP contribution in [0.4, 0.5) is 0 Å². The Labute approximate surface area is 86.6 Å². The lowest BCUT2D eigenvalue weighted by Crippen LogP contribution is -2.51. The van der Waals surface area contributed by atoms with Crippen LogP contribution >= 0.6 is 0 Å². The Hall–Kier alpha value is -0.130. The standard InChI is InChI=1S/C9H20N2O2S/c1-3-14(12,13)7-6-11-5-4-10-8-9(11)2/h9-10H,3-8H2,1-2H3/t9-/m0/s1. The van der Waals surface area contributed by atoms with E-state index in [9.17, 15) is 8.42 Å². The third-order valence-corrected chi connectivity index (χ3v) is 4.45. The van der Waals surface area contributed by atoms with Crippen molar-refractivity contribution in [1.82, 2.24) is 10.2 Å². The van der Waals surface area contributed by atoms with E-state index in [1.165, 1.54) is 0 Å². The Morgan fingerprint density at radius 3 is 2.79 bits per heavy atom. The minimum atomic E-state index is -2.80. The molecule has 14 heavy (non-hydrogen) atoms. The van der Waals surface area contributed by atoms with Crippen molar-refractivity contribution in [3.8, 4) is 0 Å². The number of hydrogen-bond donors (Lipinski definition) is 1. The van der Waals surface area contributed by atoms with E-state index in [2.05, 4.69) is 17.1 Å². The molecule has 1 N–H and O–H groups in total. The molecule has 0 saturated carbocycles. The first-order chi connectivity index (χ1) is 6.55. The van der Waals surface area contributed by atoms with Gasteiger partial charge in [0.25, 0.3) is 0 Å². The van der Waals surface area contributed by atoms with E-state index in [0.29, 0.717) is 18.3 Å². The maximum absolute atomic E-state index is 11.3. The number of nitrogens with one attached hydrogen (secondary N) is 1. The fourth-order valence-corrected chi connectivity index (χ4v) is 2.42. The largest absolute Gasteiger partial charge is 0.314 e. The Morgan fingerprint density at radius 1 is 1.50 bits per heavy atom. The number of nitrogens with zero attached hydrogens (tertiary/aromatic N) is 1. The van der Waals surface area contributed by atoms with E-state index in [-0.39, 0.29) is 5.75 Å².